The van der Waals surface area contributed by atoms with Gasteiger partial charge in [-0.2, -0.15) is 0 Å². The van der Waals surface area contributed by atoms with Gasteiger partial charge in [-0.1, -0.05) is 0 Å². The van der Waals surface area contributed by atoms with Gasteiger partial charge in [-0.25, -0.2) is 9.97 Å². The molecule has 0 fully saturated rings. The lowest BCUT2D eigenvalue weighted by Crippen LogP contribution is -2.32. The second-order valence-electron chi connectivity index (χ2n) is 2.69. The van der Waals surface area contributed by atoms with Gasteiger partial charge in [0.2, 0.25) is 0 Å². The average Bonchev–Trinajstić information content (AvgIpc) is 2.19. The third-order valence-corrected chi connectivity index (χ3v) is 1.64. The zero-order chi connectivity index (χ0) is 10.6. The van der Waals surface area contributed by atoms with E-state index in [-0.39, 0.29) is 6.42 Å². The van der Waals surface area contributed by atoms with E-state index in [1.54, 1.807) is 0 Å². The standard InChI is InChI=1S/C8H11N3O3/c1-14-5-3-10-7(11-4-5)2-6(9)8(12)13/h3-4,6H,2,9H2,1H3,(H,12,13). The van der Waals surface area contributed by atoms with Gasteiger partial charge < -0.3 is 15.6 Å². The van der Waals surface area contributed by atoms with Crippen LogP contribution in [0.25, 0.3) is 0 Å². The molecule has 1 unspecified atom stereocenters. The molecule has 6 nitrogen and oxygen atoms in total. The van der Waals surface area contributed by atoms with Gasteiger partial charge in [-0.05, 0) is 0 Å². The normalized spacial score (nSPS) is 12.1. The summed E-state index contributed by atoms with van der Waals surface area (Å²) in [5.74, 6) is -0.150. The van der Waals surface area contributed by atoms with Crippen molar-refractivity contribution in [2.24, 2.45) is 5.73 Å². The molecule has 1 aromatic heterocycles. The lowest BCUT2D eigenvalue weighted by molar-refractivity contribution is -0.138. The molecule has 3 N–H and O–H groups in total. The van der Waals surface area contributed by atoms with E-state index >= 15 is 0 Å². The fourth-order valence-electron chi connectivity index (χ4n) is 0.838. The summed E-state index contributed by atoms with van der Waals surface area (Å²) in [6.45, 7) is 0. The molecule has 1 rings (SSSR count). The van der Waals surface area contributed by atoms with Gasteiger partial charge in [-0.3, -0.25) is 4.79 Å². The van der Waals surface area contributed by atoms with Crippen LogP contribution in [0.5, 0.6) is 5.75 Å². The van der Waals surface area contributed by atoms with Crippen molar-refractivity contribution in [2.45, 2.75) is 12.5 Å². The fourth-order valence-corrected chi connectivity index (χ4v) is 0.838. The van der Waals surface area contributed by atoms with E-state index in [0.717, 1.165) is 0 Å². The highest BCUT2D eigenvalue weighted by molar-refractivity contribution is 5.73. The van der Waals surface area contributed by atoms with Crippen molar-refractivity contribution in [2.75, 3.05) is 7.11 Å². The van der Waals surface area contributed by atoms with Gasteiger partial charge in [0.15, 0.2) is 5.75 Å². The molecule has 0 aliphatic rings. The highest BCUT2D eigenvalue weighted by atomic mass is 16.5. The summed E-state index contributed by atoms with van der Waals surface area (Å²) in [6, 6.07) is -0.969. The Hall–Kier alpha value is -1.69. The number of carboxylic acids is 1. The molecule has 14 heavy (non-hydrogen) atoms. The number of ether oxygens (including phenoxy) is 1. The molecule has 0 aliphatic heterocycles. The summed E-state index contributed by atoms with van der Waals surface area (Å²) < 4.78 is 4.85. The highest BCUT2D eigenvalue weighted by Gasteiger charge is 2.13. The zero-order valence-electron chi connectivity index (χ0n) is 7.67. The van der Waals surface area contributed by atoms with Gasteiger partial charge in [-0.15, -0.1) is 0 Å². The van der Waals surface area contributed by atoms with E-state index in [9.17, 15) is 4.79 Å². The number of aromatic nitrogens is 2. The minimum Gasteiger partial charge on any atom is -0.494 e. The summed E-state index contributed by atoms with van der Waals surface area (Å²) in [6.07, 6.45) is 3.05. The molecule has 0 spiro atoms. The number of aliphatic carboxylic acids is 1. The number of nitrogens with zero attached hydrogens (tertiary/aromatic N) is 2. The van der Waals surface area contributed by atoms with Crippen molar-refractivity contribution < 1.29 is 14.6 Å². The smallest absolute Gasteiger partial charge is 0.320 e. The minimum atomic E-state index is -1.07. The lowest BCUT2D eigenvalue weighted by Gasteiger charge is -2.04. The van der Waals surface area contributed by atoms with Crippen LogP contribution in [0, 0.1) is 0 Å². The quantitative estimate of drug-likeness (QED) is 0.671. The van der Waals surface area contributed by atoms with Crippen LogP contribution in [0.1, 0.15) is 5.82 Å². The molecule has 6 heteroatoms. The molecule has 0 aromatic carbocycles. The third-order valence-electron chi connectivity index (χ3n) is 1.64. The number of carbonyl (C=O) groups is 1. The number of nitrogens with two attached hydrogens (primary N) is 1. The van der Waals surface area contributed by atoms with Gasteiger partial charge in [0.05, 0.1) is 19.5 Å². The Labute approximate surface area is 80.7 Å². The van der Waals surface area contributed by atoms with Crippen molar-refractivity contribution in [3.05, 3.63) is 18.2 Å². The van der Waals surface area contributed by atoms with E-state index < -0.39 is 12.0 Å². The molecule has 0 saturated heterocycles. The van der Waals surface area contributed by atoms with Crippen molar-refractivity contribution in [3.8, 4) is 5.75 Å². The maximum Gasteiger partial charge on any atom is 0.320 e. The molecule has 1 aromatic rings. The van der Waals surface area contributed by atoms with Crippen LogP contribution in [-0.2, 0) is 11.2 Å². The summed E-state index contributed by atoms with van der Waals surface area (Å²) in [7, 11) is 1.50. The molecule has 0 saturated carbocycles. The van der Waals surface area contributed by atoms with E-state index in [0.29, 0.717) is 11.6 Å². The lowest BCUT2D eigenvalue weighted by atomic mass is 10.2. The minimum absolute atomic E-state index is 0.110. The van der Waals surface area contributed by atoms with Gasteiger partial charge in [0, 0.05) is 6.42 Å². The first-order valence-corrected chi connectivity index (χ1v) is 3.96. The second kappa shape index (κ2) is 4.52. The first-order valence-electron chi connectivity index (χ1n) is 3.96. The average molecular weight is 197 g/mol. The van der Waals surface area contributed by atoms with E-state index in [1.165, 1.54) is 19.5 Å². The van der Waals surface area contributed by atoms with Crippen molar-refractivity contribution in [3.63, 3.8) is 0 Å². The van der Waals surface area contributed by atoms with Crippen LogP contribution >= 0.6 is 0 Å². The van der Waals surface area contributed by atoms with Crippen LogP contribution in [0.15, 0.2) is 12.4 Å². The maximum absolute atomic E-state index is 10.4. The van der Waals surface area contributed by atoms with Crippen LogP contribution in [-0.4, -0.2) is 34.2 Å². The Morgan fingerprint density at radius 3 is 2.64 bits per heavy atom. The number of carboxylic acid groups (broad SMARTS) is 1. The maximum atomic E-state index is 10.4. The first-order chi connectivity index (χ1) is 6.63. The van der Waals surface area contributed by atoms with E-state index in [2.05, 4.69) is 9.97 Å². The first kappa shape index (κ1) is 10.4. The third kappa shape index (κ3) is 2.67. The number of methoxy groups -OCH3 is 1. The topological polar surface area (TPSA) is 98.3 Å². The zero-order valence-corrected chi connectivity index (χ0v) is 7.67. The van der Waals surface area contributed by atoms with Crippen molar-refractivity contribution in [1.29, 1.82) is 0 Å². The summed E-state index contributed by atoms with van der Waals surface area (Å²) in [5.41, 5.74) is 5.31. The molecule has 76 valence electrons. The Morgan fingerprint density at radius 1 is 1.64 bits per heavy atom. The molecule has 0 radical (unpaired) electrons. The molecular weight excluding hydrogens is 186 g/mol. The van der Waals surface area contributed by atoms with Crippen LogP contribution in [0.4, 0.5) is 0 Å². The predicted molar refractivity (Wildman–Crippen MR) is 47.9 cm³/mol. The molecular formula is C8H11N3O3. The Bertz CT molecular complexity index is 312. The van der Waals surface area contributed by atoms with Gasteiger partial charge >= 0.3 is 5.97 Å². The Kier molecular flexibility index (Phi) is 3.35. The SMILES string of the molecule is COc1cnc(CC(N)C(=O)O)nc1. The number of hydrogen-bond acceptors (Lipinski definition) is 5. The van der Waals surface area contributed by atoms with Crippen LogP contribution in [0.3, 0.4) is 0 Å². The van der Waals surface area contributed by atoms with Crippen molar-refractivity contribution >= 4 is 5.97 Å². The molecule has 0 aliphatic carbocycles. The van der Waals surface area contributed by atoms with Crippen LogP contribution < -0.4 is 10.5 Å². The second-order valence-corrected chi connectivity index (χ2v) is 2.69. The van der Waals surface area contributed by atoms with E-state index in [4.69, 9.17) is 15.6 Å². The predicted octanol–water partition coefficient (Wildman–Crippen LogP) is -0.560. The molecule has 0 amide bonds. The number of hydrogen-bond donors (Lipinski definition) is 2. The number of rotatable bonds is 4. The Morgan fingerprint density at radius 2 is 2.21 bits per heavy atom. The molecule has 1 atom stereocenters. The molecule has 0 bridgehead atoms. The monoisotopic (exact) mass is 197 g/mol. The van der Waals surface area contributed by atoms with Gasteiger partial charge in [0.1, 0.15) is 11.9 Å². The fraction of sp³-hybridized carbons (Fsp3) is 0.375. The van der Waals surface area contributed by atoms with E-state index in [1.807, 2.05) is 0 Å². The van der Waals surface area contributed by atoms with Crippen molar-refractivity contribution in [1.82, 2.24) is 9.97 Å². The summed E-state index contributed by atoms with van der Waals surface area (Å²) in [4.78, 5) is 18.2. The Balaban J connectivity index is 2.64. The summed E-state index contributed by atoms with van der Waals surface area (Å²) >= 11 is 0. The highest BCUT2D eigenvalue weighted by Crippen LogP contribution is 2.05. The summed E-state index contributed by atoms with van der Waals surface area (Å²) in [5, 5.41) is 8.54. The molecule has 1 heterocycles. The van der Waals surface area contributed by atoms with Crippen LogP contribution in [0.2, 0.25) is 0 Å². The largest absolute Gasteiger partial charge is 0.494 e. The van der Waals surface area contributed by atoms with Gasteiger partial charge in [0.25, 0.3) is 0 Å².